The molecule has 4 nitrogen and oxygen atoms in total. The van der Waals surface area contributed by atoms with E-state index in [1.165, 1.54) is 6.42 Å². The van der Waals surface area contributed by atoms with Gasteiger partial charge >= 0.3 is 0 Å². The van der Waals surface area contributed by atoms with Gasteiger partial charge in [-0.15, -0.1) is 0 Å². The molecule has 1 saturated heterocycles. The highest BCUT2D eigenvalue weighted by molar-refractivity contribution is 5.21. The van der Waals surface area contributed by atoms with Gasteiger partial charge in [0.15, 0.2) is 0 Å². The van der Waals surface area contributed by atoms with Gasteiger partial charge in [-0.25, -0.2) is 4.98 Å². The Morgan fingerprint density at radius 3 is 2.94 bits per heavy atom. The molecule has 4 heteroatoms. The molecule has 2 N–H and O–H groups in total. The normalized spacial score (nSPS) is 26.5. The van der Waals surface area contributed by atoms with Crippen LogP contribution in [0.4, 0.5) is 0 Å². The molecular formula is C13H20N2O2. The number of aromatic nitrogens is 1. The minimum atomic E-state index is -0.490. The molecule has 1 aromatic heterocycles. The Morgan fingerprint density at radius 1 is 1.53 bits per heavy atom. The number of methoxy groups -OCH3 is 1. The van der Waals surface area contributed by atoms with Crippen LogP contribution in [0, 0.1) is 5.92 Å². The van der Waals surface area contributed by atoms with E-state index < -0.39 is 6.10 Å². The van der Waals surface area contributed by atoms with Crippen molar-refractivity contribution in [2.45, 2.75) is 31.9 Å². The first-order chi connectivity index (χ1) is 8.20. The zero-order valence-electron chi connectivity index (χ0n) is 10.4. The van der Waals surface area contributed by atoms with E-state index in [1.54, 1.807) is 19.4 Å². The maximum atomic E-state index is 10.3. The van der Waals surface area contributed by atoms with Crippen LogP contribution in [0.25, 0.3) is 0 Å². The van der Waals surface area contributed by atoms with Crippen LogP contribution < -0.4 is 10.1 Å². The van der Waals surface area contributed by atoms with Gasteiger partial charge in [-0.3, -0.25) is 0 Å². The highest BCUT2D eigenvalue weighted by atomic mass is 16.5. The summed E-state index contributed by atoms with van der Waals surface area (Å²) >= 11 is 0. The fraction of sp³-hybridized carbons (Fsp3) is 0.615. The van der Waals surface area contributed by atoms with Gasteiger partial charge in [-0.2, -0.15) is 0 Å². The second-order valence-corrected chi connectivity index (χ2v) is 4.77. The molecule has 94 valence electrons. The van der Waals surface area contributed by atoms with E-state index in [-0.39, 0.29) is 6.04 Å². The Hall–Kier alpha value is -1.13. The standard InChI is InChI=1S/C13H20N2O2/c1-9-5-6-14-11(7-9)13(16)10-3-4-12(17-2)15-8-10/h3-4,8-9,11,13-14,16H,5-7H2,1-2H3. The van der Waals surface area contributed by atoms with Crippen molar-refractivity contribution in [2.75, 3.05) is 13.7 Å². The first-order valence-electron chi connectivity index (χ1n) is 6.12. The third-order valence-electron chi connectivity index (χ3n) is 3.39. The largest absolute Gasteiger partial charge is 0.481 e. The fourth-order valence-electron chi connectivity index (χ4n) is 2.31. The second kappa shape index (κ2) is 5.47. The minimum absolute atomic E-state index is 0.133. The lowest BCUT2D eigenvalue weighted by molar-refractivity contribution is 0.101. The Labute approximate surface area is 102 Å². The molecule has 3 unspecified atom stereocenters. The number of aliphatic hydroxyl groups excluding tert-OH is 1. The Bertz CT molecular complexity index is 353. The van der Waals surface area contributed by atoms with Crippen LogP contribution >= 0.6 is 0 Å². The molecule has 1 aliphatic rings. The summed E-state index contributed by atoms with van der Waals surface area (Å²) in [6.07, 6.45) is 3.39. The van der Waals surface area contributed by atoms with Crippen molar-refractivity contribution >= 4 is 0 Å². The maximum absolute atomic E-state index is 10.3. The van der Waals surface area contributed by atoms with Crippen LogP contribution in [-0.2, 0) is 0 Å². The summed E-state index contributed by atoms with van der Waals surface area (Å²) in [6.45, 7) is 3.21. The number of pyridine rings is 1. The first kappa shape index (κ1) is 12.3. The van der Waals surface area contributed by atoms with E-state index in [2.05, 4.69) is 17.2 Å². The van der Waals surface area contributed by atoms with E-state index in [0.29, 0.717) is 11.8 Å². The zero-order valence-corrected chi connectivity index (χ0v) is 10.4. The number of hydrogen-bond acceptors (Lipinski definition) is 4. The Kier molecular flexibility index (Phi) is 3.97. The number of ether oxygens (including phenoxy) is 1. The minimum Gasteiger partial charge on any atom is -0.481 e. The molecule has 1 aliphatic heterocycles. The van der Waals surface area contributed by atoms with Gasteiger partial charge in [0.05, 0.1) is 13.2 Å². The van der Waals surface area contributed by atoms with Crippen molar-refractivity contribution in [3.8, 4) is 5.88 Å². The molecule has 2 heterocycles. The smallest absolute Gasteiger partial charge is 0.212 e. The lowest BCUT2D eigenvalue weighted by Gasteiger charge is -2.31. The summed E-state index contributed by atoms with van der Waals surface area (Å²) in [5, 5.41) is 13.7. The molecule has 0 spiro atoms. The summed E-state index contributed by atoms with van der Waals surface area (Å²) in [5.74, 6) is 1.24. The van der Waals surface area contributed by atoms with Crippen molar-refractivity contribution in [2.24, 2.45) is 5.92 Å². The van der Waals surface area contributed by atoms with Gasteiger partial charge in [-0.1, -0.05) is 6.92 Å². The van der Waals surface area contributed by atoms with Gasteiger partial charge in [0.1, 0.15) is 0 Å². The number of nitrogens with one attached hydrogen (secondary N) is 1. The summed E-state index contributed by atoms with van der Waals surface area (Å²) in [6, 6.07) is 3.79. The molecule has 0 amide bonds. The van der Waals surface area contributed by atoms with Crippen LogP contribution in [0.5, 0.6) is 5.88 Å². The lowest BCUT2D eigenvalue weighted by Crippen LogP contribution is -2.41. The lowest BCUT2D eigenvalue weighted by atomic mass is 9.89. The topological polar surface area (TPSA) is 54.4 Å². The van der Waals surface area contributed by atoms with Gasteiger partial charge < -0.3 is 15.2 Å². The monoisotopic (exact) mass is 236 g/mol. The zero-order chi connectivity index (χ0) is 12.3. The van der Waals surface area contributed by atoms with Gasteiger partial charge in [0.2, 0.25) is 5.88 Å². The Morgan fingerprint density at radius 2 is 2.35 bits per heavy atom. The third-order valence-corrected chi connectivity index (χ3v) is 3.39. The molecule has 0 saturated carbocycles. The van der Waals surface area contributed by atoms with Crippen LogP contribution in [-0.4, -0.2) is 29.8 Å². The summed E-state index contributed by atoms with van der Waals surface area (Å²) in [5.41, 5.74) is 0.845. The number of piperidine rings is 1. The molecule has 0 bridgehead atoms. The predicted octanol–water partition coefficient (Wildman–Crippen LogP) is 1.51. The van der Waals surface area contributed by atoms with E-state index in [1.807, 2.05) is 6.07 Å². The molecule has 0 aromatic carbocycles. The van der Waals surface area contributed by atoms with E-state index in [0.717, 1.165) is 18.5 Å². The van der Waals surface area contributed by atoms with Crippen LogP contribution in [0.2, 0.25) is 0 Å². The van der Waals surface area contributed by atoms with E-state index in [9.17, 15) is 5.11 Å². The number of hydrogen-bond donors (Lipinski definition) is 2. The van der Waals surface area contributed by atoms with Crippen LogP contribution in [0.15, 0.2) is 18.3 Å². The van der Waals surface area contributed by atoms with Gasteiger partial charge in [-0.05, 0) is 31.4 Å². The van der Waals surface area contributed by atoms with E-state index >= 15 is 0 Å². The Balaban J connectivity index is 2.04. The molecule has 2 rings (SSSR count). The number of nitrogens with zero attached hydrogens (tertiary/aromatic N) is 1. The highest BCUT2D eigenvalue weighted by Gasteiger charge is 2.26. The number of aliphatic hydroxyl groups is 1. The molecule has 0 radical (unpaired) electrons. The highest BCUT2D eigenvalue weighted by Crippen LogP contribution is 2.25. The molecule has 0 aliphatic carbocycles. The van der Waals surface area contributed by atoms with Crippen molar-refractivity contribution in [3.05, 3.63) is 23.9 Å². The maximum Gasteiger partial charge on any atom is 0.212 e. The third kappa shape index (κ3) is 2.96. The summed E-state index contributed by atoms with van der Waals surface area (Å²) < 4.78 is 5.00. The summed E-state index contributed by atoms with van der Waals surface area (Å²) in [4.78, 5) is 4.12. The van der Waals surface area contributed by atoms with Crippen molar-refractivity contribution in [3.63, 3.8) is 0 Å². The molecule has 1 aromatic rings. The average Bonchev–Trinajstić information content (AvgIpc) is 2.38. The first-order valence-corrected chi connectivity index (χ1v) is 6.12. The van der Waals surface area contributed by atoms with Crippen LogP contribution in [0.3, 0.4) is 0 Å². The van der Waals surface area contributed by atoms with E-state index in [4.69, 9.17) is 4.74 Å². The summed E-state index contributed by atoms with van der Waals surface area (Å²) in [7, 11) is 1.59. The molecule has 17 heavy (non-hydrogen) atoms. The van der Waals surface area contributed by atoms with Crippen LogP contribution in [0.1, 0.15) is 31.4 Å². The fourth-order valence-corrected chi connectivity index (χ4v) is 2.31. The second-order valence-electron chi connectivity index (χ2n) is 4.77. The van der Waals surface area contributed by atoms with Crippen molar-refractivity contribution in [1.29, 1.82) is 0 Å². The predicted molar refractivity (Wildman–Crippen MR) is 65.9 cm³/mol. The van der Waals surface area contributed by atoms with Crippen molar-refractivity contribution in [1.82, 2.24) is 10.3 Å². The molecule has 3 atom stereocenters. The quantitative estimate of drug-likeness (QED) is 0.835. The number of rotatable bonds is 3. The van der Waals surface area contributed by atoms with Gasteiger partial charge in [0, 0.05) is 23.9 Å². The van der Waals surface area contributed by atoms with Crippen molar-refractivity contribution < 1.29 is 9.84 Å². The van der Waals surface area contributed by atoms with Gasteiger partial charge in [0.25, 0.3) is 0 Å². The average molecular weight is 236 g/mol. The molecule has 1 fully saturated rings. The SMILES string of the molecule is COc1ccc(C(O)C2CC(C)CCN2)cn1. The molecular weight excluding hydrogens is 216 g/mol.